The maximum absolute atomic E-state index is 14.1. The van der Waals surface area contributed by atoms with Gasteiger partial charge in [0.15, 0.2) is 0 Å². The minimum Gasteiger partial charge on any atom is -0.320 e. The van der Waals surface area contributed by atoms with Gasteiger partial charge < -0.3 is 10.6 Å². The number of halogens is 1. The summed E-state index contributed by atoms with van der Waals surface area (Å²) >= 11 is 0. The Morgan fingerprint density at radius 3 is 2.40 bits per heavy atom. The van der Waals surface area contributed by atoms with E-state index in [1.165, 1.54) is 31.7 Å². The first-order chi connectivity index (χ1) is 9.65. The highest BCUT2D eigenvalue weighted by molar-refractivity contribution is 5.26. The van der Waals surface area contributed by atoms with Gasteiger partial charge in [0.1, 0.15) is 5.82 Å². The maximum atomic E-state index is 14.1. The van der Waals surface area contributed by atoms with Gasteiger partial charge >= 0.3 is 0 Å². The van der Waals surface area contributed by atoms with E-state index in [1.54, 1.807) is 6.07 Å². The Kier molecular flexibility index (Phi) is 5.55. The smallest absolute Gasteiger partial charge is 0.128 e. The van der Waals surface area contributed by atoms with Crippen LogP contribution in [-0.4, -0.2) is 24.5 Å². The molecule has 1 aliphatic rings. The van der Waals surface area contributed by atoms with E-state index in [-0.39, 0.29) is 5.82 Å². The van der Waals surface area contributed by atoms with Crippen molar-refractivity contribution in [3.8, 4) is 0 Å². The van der Waals surface area contributed by atoms with Crippen molar-refractivity contribution >= 4 is 0 Å². The third kappa shape index (κ3) is 3.80. The first-order valence-electron chi connectivity index (χ1n) is 7.92. The van der Waals surface area contributed by atoms with Crippen molar-refractivity contribution in [3.05, 3.63) is 35.6 Å². The van der Waals surface area contributed by atoms with Crippen LogP contribution in [-0.2, 0) is 5.54 Å². The molecule has 1 saturated heterocycles. The van der Waals surface area contributed by atoms with Crippen LogP contribution in [0.3, 0.4) is 0 Å². The molecule has 3 heteroatoms. The van der Waals surface area contributed by atoms with Crippen LogP contribution in [0.15, 0.2) is 24.3 Å². The van der Waals surface area contributed by atoms with E-state index >= 15 is 0 Å². The molecule has 0 spiro atoms. The van der Waals surface area contributed by atoms with Crippen molar-refractivity contribution in [2.24, 2.45) is 5.73 Å². The lowest BCUT2D eigenvalue weighted by molar-refractivity contribution is 0.201. The number of nitrogens with zero attached hydrogens (tertiary/aromatic N) is 1. The molecule has 1 heterocycles. The molecule has 0 aliphatic carbocycles. The Morgan fingerprint density at radius 1 is 1.15 bits per heavy atom. The molecule has 0 bridgehead atoms. The van der Waals surface area contributed by atoms with Gasteiger partial charge in [0.05, 0.1) is 5.54 Å². The van der Waals surface area contributed by atoms with Gasteiger partial charge in [-0.3, -0.25) is 0 Å². The number of nitrogens with two attached hydrogens (primary N) is 1. The van der Waals surface area contributed by atoms with E-state index in [9.17, 15) is 4.39 Å². The SMILES string of the molecule is CCCC(N)(CN1CCCCCC1)c1ccccc1F. The minimum absolute atomic E-state index is 0.168. The molecule has 0 aromatic heterocycles. The standard InChI is InChI=1S/C17H27FN2/c1-2-11-17(19,15-9-5-6-10-16(15)18)14-20-12-7-3-4-8-13-20/h5-6,9-10H,2-4,7-8,11-14,19H2,1H3. The molecule has 2 nitrogen and oxygen atoms in total. The number of benzene rings is 1. The number of likely N-dealkylation sites (tertiary alicyclic amines) is 1. The van der Waals surface area contributed by atoms with Gasteiger partial charge in [-0.05, 0) is 38.4 Å². The highest BCUT2D eigenvalue weighted by Crippen LogP contribution is 2.28. The van der Waals surface area contributed by atoms with E-state index in [0.717, 1.165) is 32.5 Å². The summed E-state index contributed by atoms with van der Waals surface area (Å²) in [5.41, 5.74) is 6.74. The largest absolute Gasteiger partial charge is 0.320 e. The van der Waals surface area contributed by atoms with Crippen LogP contribution in [0.5, 0.6) is 0 Å². The van der Waals surface area contributed by atoms with Gasteiger partial charge in [0.2, 0.25) is 0 Å². The zero-order valence-corrected chi connectivity index (χ0v) is 12.6. The Morgan fingerprint density at radius 2 is 1.80 bits per heavy atom. The Labute approximate surface area is 122 Å². The highest BCUT2D eigenvalue weighted by Gasteiger charge is 2.31. The first-order valence-corrected chi connectivity index (χ1v) is 7.92. The zero-order chi connectivity index (χ0) is 14.4. The maximum Gasteiger partial charge on any atom is 0.128 e. The summed E-state index contributed by atoms with van der Waals surface area (Å²) in [7, 11) is 0. The van der Waals surface area contributed by atoms with Crippen LogP contribution >= 0.6 is 0 Å². The van der Waals surface area contributed by atoms with Crippen LogP contribution in [0.25, 0.3) is 0 Å². The van der Waals surface area contributed by atoms with Crippen LogP contribution in [0.2, 0.25) is 0 Å². The monoisotopic (exact) mass is 278 g/mol. The first kappa shape index (κ1) is 15.5. The molecule has 2 rings (SSSR count). The van der Waals surface area contributed by atoms with Gasteiger partial charge in [0, 0.05) is 12.1 Å². The lowest BCUT2D eigenvalue weighted by Gasteiger charge is -2.35. The summed E-state index contributed by atoms with van der Waals surface area (Å²) < 4.78 is 14.1. The average molecular weight is 278 g/mol. The van der Waals surface area contributed by atoms with E-state index in [0.29, 0.717) is 5.56 Å². The second kappa shape index (κ2) is 7.19. The van der Waals surface area contributed by atoms with Crippen molar-refractivity contribution < 1.29 is 4.39 Å². The van der Waals surface area contributed by atoms with E-state index in [1.807, 2.05) is 12.1 Å². The molecule has 1 unspecified atom stereocenters. The second-order valence-electron chi connectivity index (χ2n) is 6.08. The molecule has 1 fully saturated rings. The van der Waals surface area contributed by atoms with E-state index < -0.39 is 5.54 Å². The molecule has 20 heavy (non-hydrogen) atoms. The van der Waals surface area contributed by atoms with E-state index in [2.05, 4.69) is 11.8 Å². The van der Waals surface area contributed by atoms with Crippen LogP contribution in [0, 0.1) is 5.82 Å². The van der Waals surface area contributed by atoms with Crippen molar-refractivity contribution in [1.29, 1.82) is 0 Å². The van der Waals surface area contributed by atoms with Crippen molar-refractivity contribution in [2.75, 3.05) is 19.6 Å². The molecule has 1 aromatic carbocycles. The molecular weight excluding hydrogens is 251 g/mol. The number of hydrogen-bond donors (Lipinski definition) is 1. The van der Waals surface area contributed by atoms with Crippen molar-refractivity contribution in [1.82, 2.24) is 4.90 Å². The Hall–Kier alpha value is -0.930. The molecule has 0 amide bonds. The summed E-state index contributed by atoms with van der Waals surface area (Å²) in [4.78, 5) is 2.43. The average Bonchev–Trinajstić information content (AvgIpc) is 2.68. The van der Waals surface area contributed by atoms with Gasteiger partial charge in [-0.25, -0.2) is 4.39 Å². The quantitative estimate of drug-likeness (QED) is 0.890. The van der Waals surface area contributed by atoms with Gasteiger partial charge in [-0.1, -0.05) is 44.4 Å². The Balaban J connectivity index is 2.18. The highest BCUT2D eigenvalue weighted by atomic mass is 19.1. The molecule has 0 radical (unpaired) electrons. The fourth-order valence-electron chi connectivity index (χ4n) is 3.30. The summed E-state index contributed by atoms with van der Waals surface area (Å²) in [6.45, 7) is 5.07. The second-order valence-corrected chi connectivity index (χ2v) is 6.08. The molecule has 0 saturated carbocycles. The number of hydrogen-bond acceptors (Lipinski definition) is 2. The predicted molar refractivity (Wildman–Crippen MR) is 82.1 cm³/mol. The molecular formula is C17H27FN2. The van der Waals surface area contributed by atoms with Gasteiger partial charge in [-0.2, -0.15) is 0 Å². The summed E-state index contributed by atoms with van der Waals surface area (Å²) in [5, 5.41) is 0. The summed E-state index contributed by atoms with van der Waals surface area (Å²) in [6.07, 6.45) is 6.88. The van der Waals surface area contributed by atoms with Gasteiger partial charge in [0.25, 0.3) is 0 Å². The molecule has 112 valence electrons. The number of rotatable bonds is 5. The summed E-state index contributed by atoms with van der Waals surface area (Å²) in [6, 6.07) is 6.99. The zero-order valence-electron chi connectivity index (χ0n) is 12.6. The van der Waals surface area contributed by atoms with Crippen LogP contribution in [0.1, 0.15) is 51.0 Å². The van der Waals surface area contributed by atoms with Crippen LogP contribution in [0.4, 0.5) is 4.39 Å². The molecule has 2 N–H and O–H groups in total. The molecule has 1 aromatic rings. The minimum atomic E-state index is -0.565. The predicted octanol–water partition coefficient (Wildman–Crippen LogP) is 3.66. The molecule has 1 aliphatic heterocycles. The van der Waals surface area contributed by atoms with E-state index in [4.69, 9.17) is 5.73 Å². The third-order valence-electron chi connectivity index (χ3n) is 4.31. The van der Waals surface area contributed by atoms with Crippen molar-refractivity contribution in [2.45, 2.75) is 51.0 Å². The normalized spacial score (nSPS) is 20.4. The Bertz CT molecular complexity index is 413. The fraction of sp³-hybridized carbons (Fsp3) is 0.647. The summed E-state index contributed by atoms with van der Waals surface area (Å²) in [5.74, 6) is -0.168. The third-order valence-corrected chi connectivity index (χ3v) is 4.31. The van der Waals surface area contributed by atoms with Crippen molar-refractivity contribution in [3.63, 3.8) is 0 Å². The lowest BCUT2D eigenvalue weighted by atomic mass is 9.85. The lowest BCUT2D eigenvalue weighted by Crippen LogP contribution is -2.48. The van der Waals surface area contributed by atoms with Crippen LogP contribution < -0.4 is 5.73 Å². The molecule has 1 atom stereocenters. The van der Waals surface area contributed by atoms with Gasteiger partial charge in [-0.15, -0.1) is 0 Å². The fourth-order valence-corrected chi connectivity index (χ4v) is 3.30. The topological polar surface area (TPSA) is 29.3 Å².